The molecule has 0 fully saturated rings. The van der Waals surface area contributed by atoms with Crippen LogP contribution in [-0.4, -0.2) is 13.7 Å². The van der Waals surface area contributed by atoms with E-state index in [-0.39, 0.29) is 0 Å². The summed E-state index contributed by atoms with van der Waals surface area (Å²) in [7, 11) is 1.66. The van der Waals surface area contributed by atoms with Crippen molar-refractivity contribution >= 4 is 0 Å². The summed E-state index contributed by atoms with van der Waals surface area (Å²) in [6, 6.07) is 12.3. The van der Waals surface area contributed by atoms with Crippen molar-refractivity contribution in [2.24, 2.45) is 5.73 Å². The van der Waals surface area contributed by atoms with Crippen LogP contribution in [-0.2, 0) is 13.0 Å². The highest BCUT2D eigenvalue weighted by Crippen LogP contribution is 2.26. The van der Waals surface area contributed by atoms with E-state index in [4.69, 9.17) is 15.2 Å². The number of hydrogen-bond donors (Lipinski definition) is 1. The Morgan fingerprint density at radius 2 is 1.71 bits per heavy atom. The minimum atomic E-state index is 0.549. The zero-order valence-electron chi connectivity index (χ0n) is 13.0. The van der Waals surface area contributed by atoms with Crippen LogP contribution in [0.4, 0.5) is 0 Å². The van der Waals surface area contributed by atoms with E-state index in [9.17, 15) is 0 Å². The van der Waals surface area contributed by atoms with E-state index < -0.39 is 0 Å². The van der Waals surface area contributed by atoms with Crippen LogP contribution in [0.3, 0.4) is 0 Å². The molecule has 2 aromatic rings. The molecule has 0 aliphatic rings. The molecule has 0 saturated heterocycles. The summed E-state index contributed by atoms with van der Waals surface area (Å²) < 4.78 is 11.3. The Hall–Kier alpha value is -2.00. The maximum Gasteiger partial charge on any atom is 0.126 e. The molecule has 2 rings (SSSR count). The van der Waals surface area contributed by atoms with Crippen LogP contribution in [0.1, 0.15) is 22.3 Å². The molecule has 0 heterocycles. The molecule has 3 heteroatoms. The molecule has 0 aromatic heterocycles. The fraction of sp³-hybridized carbons (Fsp3) is 0.333. The van der Waals surface area contributed by atoms with Gasteiger partial charge in [0.15, 0.2) is 0 Å². The Morgan fingerprint density at radius 1 is 1.00 bits per heavy atom. The predicted molar refractivity (Wildman–Crippen MR) is 86.0 cm³/mol. The smallest absolute Gasteiger partial charge is 0.126 e. The van der Waals surface area contributed by atoms with Gasteiger partial charge in [-0.15, -0.1) is 0 Å². The van der Waals surface area contributed by atoms with E-state index in [0.717, 1.165) is 23.5 Å². The average molecular weight is 285 g/mol. The van der Waals surface area contributed by atoms with Crippen LogP contribution in [0.25, 0.3) is 0 Å². The normalized spacial score (nSPS) is 10.5. The largest absolute Gasteiger partial charge is 0.497 e. The minimum Gasteiger partial charge on any atom is -0.497 e. The minimum absolute atomic E-state index is 0.549. The third-order valence-corrected chi connectivity index (χ3v) is 3.36. The van der Waals surface area contributed by atoms with Crippen molar-refractivity contribution in [1.29, 1.82) is 0 Å². The molecule has 0 spiro atoms. The quantitative estimate of drug-likeness (QED) is 0.884. The van der Waals surface area contributed by atoms with E-state index in [1.807, 2.05) is 18.2 Å². The molecule has 0 radical (unpaired) electrons. The monoisotopic (exact) mass is 285 g/mol. The fourth-order valence-electron chi connectivity index (χ4n) is 2.47. The lowest BCUT2D eigenvalue weighted by atomic mass is 10.1. The molecule has 0 atom stereocenters. The number of nitrogens with two attached hydrogens (primary N) is 1. The molecule has 2 aromatic carbocycles. The summed E-state index contributed by atoms with van der Waals surface area (Å²) in [5, 5.41) is 0. The van der Waals surface area contributed by atoms with Gasteiger partial charge in [-0.1, -0.05) is 35.4 Å². The van der Waals surface area contributed by atoms with E-state index >= 15 is 0 Å². The second-order valence-corrected chi connectivity index (χ2v) is 5.30. The summed E-state index contributed by atoms with van der Waals surface area (Å²) in [4.78, 5) is 0. The van der Waals surface area contributed by atoms with Crippen molar-refractivity contribution in [3.05, 3.63) is 58.7 Å². The van der Waals surface area contributed by atoms with Gasteiger partial charge in [0.05, 0.1) is 7.11 Å². The van der Waals surface area contributed by atoms with Gasteiger partial charge >= 0.3 is 0 Å². The number of aryl methyl sites for hydroxylation is 2. The summed E-state index contributed by atoms with van der Waals surface area (Å²) >= 11 is 0. The second-order valence-electron chi connectivity index (χ2n) is 5.30. The molecule has 112 valence electrons. The lowest BCUT2D eigenvalue weighted by Crippen LogP contribution is -2.06. The lowest BCUT2D eigenvalue weighted by molar-refractivity contribution is 0.300. The predicted octanol–water partition coefficient (Wildman–Crippen LogP) is 3.39. The number of methoxy groups -OCH3 is 1. The van der Waals surface area contributed by atoms with Gasteiger partial charge in [0.1, 0.15) is 18.1 Å². The van der Waals surface area contributed by atoms with Gasteiger partial charge in [-0.2, -0.15) is 0 Å². The Kier molecular flexibility index (Phi) is 5.23. The molecule has 0 aliphatic carbocycles. The zero-order valence-corrected chi connectivity index (χ0v) is 13.0. The highest BCUT2D eigenvalue weighted by molar-refractivity contribution is 5.41. The van der Waals surface area contributed by atoms with Crippen molar-refractivity contribution in [1.82, 2.24) is 0 Å². The Labute approximate surface area is 126 Å². The highest BCUT2D eigenvalue weighted by Gasteiger charge is 2.06. The Morgan fingerprint density at radius 3 is 2.33 bits per heavy atom. The first kappa shape index (κ1) is 15.4. The number of benzene rings is 2. The van der Waals surface area contributed by atoms with Gasteiger partial charge in [-0.25, -0.2) is 0 Å². The molecule has 21 heavy (non-hydrogen) atoms. The van der Waals surface area contributed by atoms with Gasteiger partial charge in [0, 0.05) is 6.07 Å². The van der Waals surface area contributed by atoms with Crippen molar-refractivity contribution in [2.45, 2.75) is 26.9 Å². The lowest BCUT2D eigenvalue weighted by Gasteiger charge is -2.13. The molecule has 0 saturated carbocycles. The van der Waals surface area contributed by atoms with Gasteiger partial charge in [0.2, 0.25) is 0 Å². The highest BCUT2D eigenvalue weighted by atomic mass is 16.5. The van der Waals surface area contributed by atoms with Gasteiger partial charge in [-0.3, -0.25) is 0 Å². The van der Waals surface area contributed by atoms with E-state index in [0.29, 0.717) is 13.2 Å². The standard InChI is InChI=1S/C18H23NO2/c1-13-8-14(2)10-15(9-13)12-21-18-11-17(20-3)5-4-16(18)6-7-19/h4-5,8-11H,6-7,12,19H2,1-3H3. The average Bonchev–Trinajstić information content (AvgIpc) is 2.45. The first-order chi connectivity index (χ1) is 10.1. The summed E-state index contributed by atoms with van der Waals surface area (Å²) in [6.07, 6.45) is 0.798. The van der Waals surface area contributed by atoms with Crippen LogP contribution in [0.15, 0.2) is 36.4 Å². The fourth-order valence-corrected chi connectivity index (χ4v) is 2.47. The maximum atomic E-state index is 5.99. The Balaban J connectivity index is 2.17. The van der Waals surface area contributed by atoms with E-state index in [1.165, 1.54) is 16.7 Å². The second kappa shape index (κ2) is 7.14. The molecular formula is C18H23NO2. The van der Waals surface area contributed by atoms with Crippen LogP contribution in [0.2, 0.25) is 0 Å². The maximum absolute atomic E-state index is 5.99. The molecule has 0 amide bonds. The topological polar surface area (TPSA) is 44.5 Å². The summed E-state index contributed by atoms with van der Waals surface area (Å²) in [6.45, 7) is 5.35. The third kappa shape index (κ3) is 4.23. The van der Waals surface area contributed by atoms with Crippen LogP contribution >= 0.6 is 0 Å². The van der Waals surface area contributed by atoms with Crippen molar-refractivity contribution in [3.63, 3.8) is 0 Å². The molecule has 0 unspecified atom stereocenters. The molecule has 3 nitrogen and oxygen atoms in total. The summed E-state index contributed by atoms with van der Waals surface area (Å²) in [5.41, 5.74) is 10.5. The number of ether oxygens (including phenoxy) is 2. The SMILES string of the molecule is COc1ccc(CCN)c(OCc2cc(C)cc(C)c2)c1. The first-order valence-corrected chi connectivity index (χ1v) is 7.19. The third-order valence-electron chi connectivity index (χ3n) is 3.36. The van der Waals surface area contributed by atoms with Crippen molar-refractivity contribution < 1.29 is 9.47 Å². The molecular weight excluding hydrogens is 262 g/mol. The number of rotatable bonds is 6. The van der Waals surface area contributed by atoms with Crippen molar-refractivity contribution in [2.75, 3.05) is 13.7 Å². The molecule has 0 bridgehead atoms. The van der Waals surface area contributed by atoms with Crippen LogP contribution < -0.4 is 15.2 Å². The summed E-state index contributed by atoms with van der Waals surface area (Å²) in [5.74, 6) is 1.64. The van der Waals surface area contributed by atoms with E-state index in [2.05, 4.69) is 32.0 Å². The van der Waals surface area contributed by atoms with Crippen LogP contribution in [0, 0.1) is 13.8 Å². The van der Waals surface area contributed by atoms with Gasteiger partial charge in [-0.05, 0) is 44.0 Å². The van der Waals surface area contributed by atoms with E-state index in [1.54, 1.807) is 7.11 Å². The zero-order chi connectivity index (χ0) is 15.2. The number of hydrogen-bond acceptors (Lipinski definition) is 3. The van der Waals surface area contributed by atoms with Crippen LogP contribution in [0.5, 0.6) is 11.5 Å². The van der Waals surface area contributed by atoms with Gasteiger partial charge < -0.3 is 15.2 Å². The molecule has 2 N–H and O–H groups in total. The molecule has 0 aliphatic heterocycles. The van der Waals surface area contributed by atoms with Crippen molar-refractivity contribution in [3.8, 4) is 11.5 Å². The Bertz CT molecular complexity index is 588. The first-order valence-electron chi connectivity index (χ1n) is 7.19. The van der Waals surface area contributed by atoms with Gasteiger partial charge in [0.25, 0.3) is 0 Å².